The second-order valence-electron chi connectivity index (χ2n) is 4.83. The third-order valence-corrected chi connectivity index (χ3v) is 3.56. The van der Waals surface area contributed by atoms with E-state index in [-0.39, 0.29) is 0 Å². The minimum Gasteiger partial charge on any atom is -0.494 e. The molecule has 0 aliphatic carbocycles. The zero-order chi connectivity index (χ0) is 13.9. The standard InChI is InChI=1S/C15H17N3O2/c1-19-14-12(3-2-4-13(14)16)15-17-7-11(8-18-15)10-5-6-20-9-10/h2-4,7-8,10H,5-6,9,16H2,1H3. The van der Waals surface area contributed by atoms with Crippen LogP contribution in [0.5, 0.6) is 5.75 Å². The zero-order valence-electron chi connectivity index (χ0n) is 11.4. The summed E-state index contributed by atoms with van der Waals surface area (Å²) in [6.07, 6.45) is 4.76. The van der Waals surface area contributed by atoms with Crippen molar-refractivity contribution in [2.45, 2.75) is 12.3 Å². The number of nitrogens with two attached hydrogens (primary N) is 1. The molecule has 0 amide bonds. The van der Waals surface area contributed by atoms with E-state index in [2.05, 4.69) is 9.97 Å². The van der Waals surface area contributed by atoms with Crippen LogP contribution in [0.4, 0.5) is 5.69 Å². The molecule has 1 fully saturated rings. The lowest BCUT2D eigenvalue weighted by molar-refractivity contribution is 0.194. The molecular formula is C15H17N3O2. The third kappa shape index (κ3) is 2.32. The Morgan fingerprint density at radius 2 is 2.10 bits per heavy atom. The molecule has 2 N–H and O–H groups in total. The highest BCUT2D eigenvalue weighted by molar-refractivity contribution is 5.73. The zero-order valence-corrected chi connectivity index (χ0v) is 11.4. The first-order valence-electron chi connectivity index (χ1n) is 6.62. The number of hydrogen-bond donors (Lipinski definition) is 1. The van der Waals surface area contributed by atoms with Gasteiger partial charge in [-0.2, -0.15) is 0 Å². The van der Waals surface area contributed by atoms with E-state index in [0.717, 1.165) is 30.8 Å². The fourth-order valence-electron chi connectivity index (χ4n) is 2.44. The summed E-state index contributed by atoms with van der Waals surface area (Å²) in [5.74, 6) is 1.65. The van der Waals surface area contributed by atoms with E-state index in [0.29, 0.717) is 23.2 Å². The normalized spacial score (nSPS) is 18.1. The van der Waals surface area contributed by atoms with E-state index in [9.17, 15) is 0 Å². The predicted octanol–water partition coefficient (Wildman–Crippen LogP) is 2.24. The number of rotatable bonds is 3. The maximum absolute atomic E-state index is 5.90. The number of hydrogen-bond acceptors (Lipinski definition) is 5. The number of para-hydroxylation sites is 1. The van der Waals surface area contributed by atoms with Crippen LogP contribution in [0, 0.1) is 0 Å². The fraction of sp³-hybridized carbons (Fsp3) is 0.333. The molecule has 0 saturated carbocycles. The van der Waals surface area contributed by atoms with E-state index >= 15 is 0 Å². The van der Waals surface area contributed by atoms with Crippen LogP contribution in [-0.4, -0.2) is 30.3 Å². The molecule has 5 nitrogen and oxygen atoms in total. The molecule has 0 bridgehead atoms. The first-order chi connectivity index (χ1) is 9.79. The Hall–Kier alpha value is -2.14. The monoisotopic (exact) mass is 271 g/mol. The van der Waals surface area contributed by atoms with Gasteiger partial charge in [-0.05, 0) is 24.1 Å². The van der Waals surface area contributed by atoms with Gasteiger partial charge in [-0.1, -0.05) is 6.07 Å². The lowest BCUT2D eigenvalue weighted by Crippen LogP contribution is -2.01. The number of ether oxygens (including phenoxy) is 2. The van der Waals surface area contributed by atoms with E-state index in [4.69, 9.17) is 15.2 Å². The Kier molecular flexibility index (Phi) is 3.52. The van der Waals surface area contributed by atoms with Gasteiger partial charge in [0.2, 0.25) is 0 Å². The average molecular weight is 271 g/mol. The number of methoxy groups -OCH3 is 1. The number of aromatic nitrogens is 2. The molecule has 1 unspecified atom stereocenters. The van der Waals surface area contributed by atoms with Crippen LogP contribution in [0.15, 0.2) is 30.6 Å². The molecule has 0 spiro atoms. The van der Waals surface area contributed by atoms with Crippen molar-refractivity contribution >= 4 is 5.69 Å². The predicted molar refractivity (Wildman–Crippen MR) is 76.6 cm³/mol. The lowest BCUT2D eigenvalue weighted by atomic mass is 10.0. The van der Waals surface area contributed by atoms with Gasteiger partial charge in [-0.3, -0.25) is 0 Å². The molecular weight excluding hydrogens is 254 g/mol. The Bertz CT molecular complexity index is 593. The molecule has 1 aromatic heterocycles. The van der Waals surface area contributed by atoms with Crippen LogP contribution in [0.1, 0.15) is 17.9 Å². The van der Waals surface area contributed by atoms with Crippen molar-refractivity contribution in [3.05, 3.63) is 36.2 Å². The smallest absolute Gasteiger partial charge is 0.162 e. The SMILES string of the molecule is COc1c(N)cccc1-c1ncc(C2CCOC2)cn1. The van der Waals surface area contributed by atoms with Crippen molar-refractivity contribution in [1.82, 2.24) is 9.97 Å². The Morgan fingerprint density at radius 3 is 2.75 bits per heavy atom. The summed E-state index contributed by atoms with van der Waals surface area (Å²) in [5, 5.41) is 0. The van der Waals surface area contributed by atoms with Crippen molar-refractivity contribution in [1.29, 1.82) is 0 Å². The molecule has 20 heavy (non-hydrogen) atoms. The first-order valence-corrected chi connectivity index (χ1v) is 6.62. The summed E-state index contributed by atoms with van der Waals surface area (Å²) in [5.41, 5.74) is 8.41. The number of nitrogen functional groups attached to an aromatic ring is 1. The maximum atomic E-state index is 5.90. The van der Waals surface area contributed by atoms with E-state index in [1.165, 1.54) is 0 Å². The van der Waals surface area contributed by atoms with Crippen molar-refractivity contribution < 1.29 is 9.47 Å². The van der Waals surface area contributed by atoms with E-state index in [1.54, 1.807) is 13.2 Å². The maximum Gasteiger partial charge on any atom is 0.162 e. The molecule has 1 atom stereocenters. The molecule has 0 radical (unpaired) electrons. The van der Waals surface area contributed by atoms with Gasteiger partial charge in [0.25, 0.3) is 0 Å². The molecule has 3 rings (SSSR count). The highest BCUT2D eigenvalue weighted by atomic mass is 16.5. The molecule has 5 heteroatoms. The molecule has 104 valence electrons. The topological polar surface area (TPSA) is 70.3 Å². The molecule has 2 heterocycles. The highest BCUT2D eigenvalue weighted by Crippen LogP contribution is 2.33. The fourth-order valence-corrected chi connectivity index (χ4v) is 2.44. The minimum atomic E-state index is 0.409. The molecule has 2 aromatic rings. The second-order valence-corrected chi connectivity index (χ2v) is 4.83. The van der Waals surface area contributed by atoms with Crippen molar-refractivity contribution in [2.75, 3.05) is 26.1 Å². The first kappa shape index (κ1) is 12.9. The van der Waals surface area contributed by atoms with Gasteiger partial charge in [0.05, 0.1) is 25.0 Å². The van der Waals surface area contributed by atoms with Crippen molar-refractivity contribution in [2.24, 2.45) is 0 Å². The summed E-state index contributed by atoms with van der Waals surface area (Å²) in [4.78, 5) is 8.88. The van der Waals surface area contributed by atoms with Crippen LogP contribution in [-0.2, 0) is 4.74 Å². The van der Waals surface area contributed by atoms with Crippen LogP contribution in [0.3, 0.4) is 0 Å². The molecule has 1 saturated heterocycles. The largest absolute Gasteiger partial charge is 0.494 e. The van der Waals surface area contributed by atoms with Crippen LogP contribution < -0.4 is 10.5 Å². The Balaban J connectivity index is 1.93. The van der Waals surface area contributed by atoms with Gasteiger partial charge in [0, 0.05) is 24.9 Å². The van der Waals surface area contributed by atoms with Gasteiger partial charge in [0.15, 0.2) is 11.6 Å². The minimum absolute atomic E-state index is 0.409. The number of nitrogens with zero attached hydrogens (tertiary/aromatic N) is 2. The highest BCUT2D eigenvalue weighted by Gasteiger charge is 2.19. The summed E-state index contributed by atoms with van der Waals surface area (Å²) < 4.78 is 10.7. The average Bonchev–Trinajstić information content (AvgIpc) is 3.01. The Morgan fingerprint density at radius 1 is 1.30 bits per heavy atom. The van der Waals surface area contributed by atoms with Gasteiger partial charge >= 0.3 is 0 Å². The van der Waals surface area contributed by atoms with E-state index < -0.39 is 0 Å². The van der Waals surface area contributed by atoms with Crippen molar-refractivity contribution in [3.8, 4) is 17.1 Å². The third-order valence-electron chi connectivity index (χ3n) is 3.56. The van der Waals surface area contributed by atoms with Crippen LogP contribution in [0.25, 0.3) is 11.4 Å². The van der Waals surface area contributed by atoms with E-state index in [1.807, 2.05) is 24.5 Å². The molecule has 1 aliphatic rings. The van der Waals surface area contributed by atoms with Crippen LogP contribution >= 0.6 is 0 Å². The summed E-state index contributed by atoms with van der Waals surface area (Å²) in [6.45, 7) is 1.57. The van der Waals surface area contributed by atoms with Crippen molar-refractivity contribution in [3.63, 3.8) is 0 Å². The van der Waals surface area contributed by atoms with Gasteiger partial charge in [0.1, 0.15) is 0 Å². The van der Waals surface area contributed by atoms with Gasteiger partial charge < -0.3 is 15.2 Å². The van der Waals surface area contributed by atoms with Crippen LogP contribution in [0.2, 0.25) is 0 Å². The second kappa shape index (κ2) is 5.46. The molecule has 1 aromatic carbocycles. The number of benzene rings is 1. The van der Waals surface area contributed by atoms with Gasteiger partial charge in [-0.15, -0.1) is 0 Å². The molecule has 1 aliphatic heterocycles. The summed E-state index contributed by atoms with van der Waals surface area (Å²) >= 11 is 0. The number of anilines is 1. The summed E-state index contributed by atoms with van der Waals surface area (Å²) in [6, 6.07) is 5.57. The Labute approximate surface area is 117 Å². The summed E-state index contributed by atoms with van der Waals surface area (Å²) in [7, 11) is 1.60. The van der Waals surface area contributed by atoms with Gasteiger partial charge in [-0.25, -0.2) is 9.97 Å². The lowest BCUT2D eigenvalue weighted by Gasteiger charge is -2.11. The quantitative estimate of drug-likeness (QED) is 0.867.